The molecule has 4 aliphatic rings. The van der Waals surface area contributed by atoms with Gasteiger partial charge < -0.3 is 67.3 Å². The molecule has 1 saturated carbocycles. The van der Waals surface area contributed by atoms with Crippen LogP contribution in [-0.2, 0) is 101 Å². The SMILES string of the molecule is CC(=O)N[C@@H]1[C@H](O[C@H]2[C@H](OCc3ccccc3)[C@@H](OCc3ccccc3)[C@@H](O[C@@H]3[C@H](OCc4ccccc4)[C@@H](OCc4ccccc4)[C@H](C)C[C@H]3O)O[C@@H]2COCc2ccccc2)O[C@@H]2CO[C@@H](c3ccccc3)O[C@H]2[C@@H]1OCc1ccccc1. The van der Waals surface area contributed by atoms with E-state index in [1.165, 1.54) is 6.92 Å². The van der Waals surface area contributed by atoms with E-state index in [9.17, 15) is 9.90 Å². The molecule has 0 aromatic heterocycles. The van der Waals surface area contributed by atoms with E-state index in [4.69, 9.17) is 56.8 Å². The molecule has 15 nitrogen and oxygen atoms in total. The minimum atomic E-state index is -1.24. The van der Waals surface area contributed by atoms with Crippen molar-refractivity contribution in [1.82, 2.24) is 5.32 Å². The Morgan fingerprint density at radius 1 is 0.471 bits per heavy atom. The van der Waals surface area contributed by atoms with Crippen LogP contribution in [0.2, 0.25) is 0 Å². The first-order valence-electron chi connectivity index (χ1n) is 29.6. The minimum Gasteiger partial charge on any atom is -0.390 e. The largest absolute Gasteiger partial charge is 0.390 e. The van der Waals surface area contributed by atoms with Crippen molar-refractivity contribution in [2.45, 2.75) is 152 Å². The van der Waals surface area contributed by atoms with E-state index >= 15 is 0 Å². The van der Waals surface area contributed by atoms with E-state index < -0.39 is 92.1 Å². The number of benzene rings is 7. The lowest BCUT2D eigenvalue weighted by atomic mass is 9.81. The molecule has 0 spiro atoms. The Morgan fingerprint density at radius 3 is 1.36 bits per heavy atom. The number of amides is 1. The van der Waals surface area contributed by atoms with Crippen molar-refractivity contribution in [2.75, 3.05) is 13.2 Å². The smallest absolute Gasteiger partial charge is 0.217 e. The van der Waals surface area contributed by atoms with E-state index in [0.717, 1.165) is 38.9 Å². The molecule has 446 valence electrons. The number of ether oxygens (including phenoxy) is 12. The molecular weight excluding hydrogens is 1080 g/mol. The zero-order valence-corrected chi connectivity index (χ0v) is 48.1. The molecule has 11 rings (SSSR count). The van der Waals surface area contributed by atoms with Crippen molar-refractivity contribution in [2.24, 2.45) is 5.92 Å². The molecule has 15 heteroatoms. The Kier molecular flexibility index (Phi) is 21.4. The minimum absolute atomic E-state index is 0.0283. The molecule has 7 aromatic rings. The van der Waals surface area contributed by atoms with Gasteiger partial charge in [-0.1, -0.05) is 219 Å². The molecule has 0 unspecified atom stereocenters. The summed E-state index contributed by atoms with van der Waals surface area (Å²) in [7, 11) is 0. The van der Waals surface area contributed by atoms with E-state index in [2.05, 4.69) is 12.2 Å². The molecule has 0 radical (unpaired) electrons. The number of aliphatic hydroxyl groups is 1. The first-order valence-corrected chi connectivity index (χ1v) is 29.6. The Morgan fingerprint density at radius 2 is 0.882 bits per heavy atom. The monoisotopic (exact) mass is 1160 g/mol. The maximum atomic E-state index is 13.6. The lowest BCUT2D eigenvalue weighted by Crippen LogP contribution is -2.70. The number of carbonyl (C=O) groups is 1. The van der Waals surface area contributed by atoms with Crippen molar-refractivity contribution in [3.8, 4) is 0 Å². The molecule has 4 fully saturated rings. The van der Waals surface area contributed by atoms with Crippen LogP contribution >= 0.6 is 0 Å². The Hall–Kier alpha value is -6.51. The average molecular weight is 1160 g/mol. The zero-order valence-electron chi connectivity index (χ0n) is 48.1. The highest BCUT2D eigenvalue weighted by atomic mass is 16.8. The second kappa shape index (κ2) is 30.2. The summed E-state index contributed by atoms with van der Waals surface area (Å²) in [6.45, 7) is 4.82. The van der Waals surface area contributed by atoms with Crippen molar-refractivity contribution in [3.63, 3.8) is 0 Å². The van der Waals surface area contributed by atoms with E-state index in [-0.39, 0.29) is 58.1 Å². The Balaban J connectivity index is 0.981. The topological polar surface area (TPSA) is 160 Å². The van der Waals surface area contributed by atoms with E-state index in [0.29, 0.717) is 13.0 Å². The van der Waals surface area contributed by atoms with Gasteiger partial charge in [-0.05, 0) is 45.7 Å². The van der Waals surface area contributed by atoms with Gasteiger partial charge in [0.15, 0.2) is 18.9 Å². The Bertz CT molecular complexity index is 3050. The third kappa shape index (κ3) is 16.1. The van der Waals surface area contributed by atoms with Crippen LogP contribution in [0, 0.1) is 5.92 Å². The maximum absolute atomic E-state index is 13.6. The Labute approximate surface area is 498 Å². The lowest BCUT2D eigenvalue weighted by molar-refractivity contribution is -0.387. The van der Waals surface area contributed by atoms with Gasteiger partial charge in [-0.2, -0.15) is 0 Å². The third-order valence-corrected chi connectivity index (χ3v) is 16.0. The van der Waals surface area contributed by atoms with Crippen LogP contribution in [0.25, 0.3) is 0 Å². The molecule has 7 aromatic carbocycles. The summed E-state index contributed by atoms with van der Waals surface area (Å²) in [6.07, 6.45) is -12.5. The molecule has 0 bridgehead atoms. The summed E-state index contributed by atoms with van der Waals surface area (Å²) in [4.78, 5) is 13.6. The molecule has 1 amide bonds. The second-order valence-electron chi connectivity index (χ2n) is 22.3. The molecule has 1 aliphatic carbocycles. The summed E-state index contributed by atoms with van der Waals surface area (Å²) in [6, 6.07) is 68.1. The highest BCUT2D eigenvalue weighted by molar-refractivity contribution is 5.73. The molecule has 85 heavy (non-hydrogen) atoms. The normalized spacial score (nSPS) is 29.4. The van der Waals surface area contributed by atoms with Gasteiger partial charge >= 0.3 is 0 Å². The zero-order chi connectivity index (χ0) is 58.2. The first-order chi connectivity index (χ1) is 41.8. The number of fused-ring (bicyclic) bond motifs is 1. The number of carbonyl (C=O) groups excluding carboxylic acids is 1. The van der Waals surface area contributed by atoms with Gasteiger partial charge in [-0.25, -0.2) is 0 Å². The number of hydrogen-bond donors (Lipinski definition) is 2. The van der Waals surface area contributed by atoms with E-state index in [1.807, 2.05) is 212 Å². The lowest BCUT2D eigenvalue weighted by Gasteiger charge is -2.52. The highest BCUT2D eigenvalue weighted by Crippen LogP contribution is 2.41. The summed E-state index contributed by atoms with van der Waals surface area (Å²) in [5.74, 6) is -0.472. The fourth-order valence-corrected chi connectivity index (χ4v) is 11.7. The van der Waals surface area contributed by atoms with Crippen LogP contribution in [0.15, 0.2) is 212 Å². The van der Waals surface area contributed by atoms with Crippen LogP contribution in [0.4, 0.5) is 0 Å². The van der Waals surface area contributed by atoms with Crippen LogP contribution in [-0.4, -0.2) is 110 Å². The molecular formula is C70H77NO14. The van der Waals surface area contributed by atoms with E-state index in [1.54, 1.807) is 0 Å². The van der Waals surface area contributed by atoms with Crippen LogP contribution in [0.3, 0.4) is 0 Å². The fourth-order valence-electron chi connectivity index (χ4n) is 11.7. The van der Waals surface area contributed by atoms with Crippen LogP contribution < -0.4 is 5.32 Å². The number of rotatable bonds is 25. The predicted molar refractivity (Wildman–Crippen MR) is 316 cm³/mol. The summed E-state index contributed by atoms with van der Waals surface area (Å²) >= 11 is 0. The standard InChI is InChI=1S/C70H77NO14/c1-47-38-56(73)61(65(77-42-52-30-16-6-17-31-52)60(47)75-40-50-26-12-4-13-27-50)83-70-67(79-44-54-34-20-8-21-35-54)66(78-43-53-32-18-7-19-33-53)63(57(82-70)45-74-39-49-24-10-3-11-25-49)85-69-59(71-48(2)72)64(76-41-51-28-14-5-15-29-51)62-58(81-69)46-80-68(84-62)55-36-22-9-23-37-55/h3-37,47,56-70,73H,38-46H2,1-2H3,(H,71,72)/t47-,56-,57-,58-,59+,60+,61+,62-,63-,64-,65-,66+,67-,68-,69+,70-/m1/s1. The van der Waals surface area contributed by atoms with Gasteiger partial charge in [0, 0.05) is 12.5 Å². The summed E-state index contributed by atoms with van der Waals surface area (Å²) in [5, 5.41) is 15.6. The van der Waals surface area contributed by atoms with Crippen molar-refractivity contribution < 1.29 is 66.7 Å². The van der Waals surface area contributed by atoms with Gasteiger partial charge in [0.1, 0.15) is 61.0 Å². The van der Waals surface area contributed by atoms with Crippen LogP contribution in [0.1, 0.15) is 65.5 Å². The van der Waals surface area contributed by atoms with Crippen molar-refractivity contribution in [3.05, 3.63) is 251 Å². The molecule has 16 atom stereocenters. The second-order valence-corrected chi connectivity index (χ2v) is 22.3. The summed E-state index contributed by atoms with van der Waals surface area (Å²) in [5.41, 5.74) is 6.41. The predicted octanol–water partition coefficient (Wildman–Crippen LogP) is 10.4. The molecule has 2 N–H and O–H groups in total. The highest BCUT2D eigenvalue weighted by Gasteiger charge is 2.57. The first kappa shape index (κ1) is 60.2. The average Bonchev–Trinajstić information content (AvgIpc) is 3.36. The van der Waals surface area contributed by atoms with Crippen molar-refractivity contribution >= 4 is 5.91 Å². The quantitative estimate of drug-likeness (QED) is 0.0557. The summed E-state index contributed by atoms with van der Waals surface area (Å²) < 4.78 is 84.1. The van der Waals surface area contributed by atoms with Gasteiger partial charge in [-0.15, -0.1) is 0 Å². The number of aliphatic hydroxyl groups excluding tert-OH is 1. The van der Waals surface area contributed by atoms with Gasteiger partial charge in [-0.3, -0.25) is 4.79 Å². The molecule has 3 saturated heterocycles. The molecule has 3 aliphatic heterocycles. The van der Waals surface area contributed by atoms with Crippen molar-refractivity contribution in [1.29, 1.82) is 0 Å². The maximum Gasteiger partial charge on any atom is 0.217 e. The third-order valence-electron chi connectivity index (χ3n) is 16.0. The van der Waals surface area contributed by atoms with Crippen LogP contribution in [0.5, 0.6) is 0 Å². The number of hydrogen-bond acceptors (Lipinski definition) is 14. The molecule has 3 heterocycles. The van der Waals surface area contributed by atoms with Gasteiger partial charge in [0.25, 0.3) is 0 Å². The number of nitrogens with one attached hydrogen (secondary N) is 1. The fraction of sp³-hybridized carbons (Fsp3) is 0.386. The van der Waals surface area contributed by atoms with Gasteiger partial charge in [0.05, 0.1) is 65.1 Å². The van der Waals surface area contributed by atoms with Gasteiger partial charge in [0.2, 0.25) is 5.91 Å².